The summed E-state index contributed by atoms with van der Waals surface area (Å²) in [6.07, 6.45) is 0. The predicted octanol–water partition coefficient (Wildman–Crippen LogP) is 3.38. The Morgan fingerprint density at radius 2 is 2.06 bits per heavy atom. The fourth-order valence-corrected chi connectivity index (χ4v) is 2.71. The average Bonchev–Trinajstić information content (AvgIpc) is 2.53. The molecule has 1 aromatic carbocycles. The molecule has 1 unspecified atom stereocenters. The first-order chi connectivity index (χ1) is 8.03. The van der Waals surface area contributed by atoms with Gasteiger partial charge in [0.05, 0.1) is 18.8 Å². The second-order valence-electron chi connectivity index (χ2n) is 4.64. The molecular weight excluding hydrogens is 232 g/mol. The highest BCUT2D eigenvalue weighted by Crippen LogP contribution is 2.38. The molecule has 0 fully saturated rings. The van der Waals surface area contributed by atoms with Crippen LogP contribution in [0.4, 0.5) is 5.69 Å². The Morgan fingerprint density at radius 3 is 2.65 bits per heavy atom. The fourth-order valence-electron chi connectivity index (χ4n) is 1.61. The predicted molar refractivity (Wildman–Crippen MR) is 75.2 cm³/mol. The molecular formula is C13H18N2OS. The molecule has 2 rings (SSSR count). The van der Waals surface area contributed by atoms with Crippen molar-refractivity contribution >= 4 is 22.6 Å². The number of nitrogens with zero attached hydrogens (tertiary/aromatic N) is 1. The highest BCUT2D eigenvalue weighted by Gasteiger charge is 2.34. The van der Waals surface area contributed by atoms with Gasteiger partial charge in [0.1, 0.15) is 5.75 Å². The first-order valence-corrected chi connectivity index (χ1v) is 6.51. The zero-order chi connectivity index (χ0) is 12.5. The number of methoxy groups -OCH3 is 1. The lowest BCUT2D eigenvalue weighted by Crippen LogP contribution is -2.24. The summed E-state index contributed by atoms with van der Waals surface area (Å²) >= 11 is 1.77. The van der Waals surface area contributed by atoms with Crippen LogP contribution in [0.2, 0.25) is 0 Å². The molecule has 0 saturated heterocycles. The van der Waals surface area contributed by atoms with Crippen LogP contribution in [0, 0.1) is 0 Å². The van der Waals surface area contributed by atoms with E-state index in [1.165, 1.54) is 0 Å². The van der Waals surface area contributed by atoms with Crippen molar-refractivity contribution in [3.8, 4) is 5.75 Å². The van der Waals surface area contributed by atoms with Crippen LogP contribution in [0.5, 0.6) is 5.75 Å². The number of thioether (sulfide) groups is 1. The SMILES string of the molecule is COc1ccccc1NC1=NC(C)C(C)(C)S1. The molecule has 17 heavy (non-hydrogen) atoms. The van der Waals surface area contributed by atoms with Gasteiger partial charge in [-0.1, -0.05) is 23.9 Å². The minimum Gasteiger partial charge on any atom is -0.495 e. The Kier molecular flexibility index (Phi) is 3.33. The van der Waals surface area contributed by atoms with E-state index < -0.39 is 0 Å². The maximum absolute atomic E-state index is 5.31. The molecule has 3 nitrogen and oxygen atoms in total. The lowest BCUT2D eigenvalue weighted by atomic mass is 10.1. The van der Waals surface area contributed by atoms with Crippen molar-refractivity contribution < 1.29 is 4.74 Å². The Labute approximate surface area is 107 Å². The number of aliphatic imine (C=N–C) groups is 1. The lowest BCUT2D eigenvalue weighted by Gasteiger charge is -2.20. The number of ether oxygens (including phenoxy) is 1. The second kappa shape index (κ2) is 4.61. The van der Waals surface area contributed by atoms with Gasteiger partial charge < -0.3 is 10.1 Å². The van der Waals surface area contributed by atoms with Crippen molar-refractivity contribution in [2.24, 2.45) is 4.99 Å². The minimum atomic E-state index is 0.157. The van der Waals surface area contributed by atoms with Crippen molar-refractivity contribution in [2.45, 2.75) is 31.6 Å². The number of benzene rings is 1. The summed E-state index contributed by atoms with van der Waals surface area (Å²) in [6.45, 7) is 6.56. The van der Waals surface area contributed by atoms with Gasteiger partial charge in [-0.15, -0.1) is 0 Å². The van der Waals surface area contributed by atoms with Gasteiger partial charge in [-0.05, 0) is 32.9 Å². The number of hydrogen-bond donors (Lipinski definition) is 1. The third kappa shape index (κ3) is 2.57. The van der Waals surface area contributed by atoms with E-state index in [0.29, 0.717) is 6.04 Å². The molecule has 1 aliphatic rings. The van der Waals surface area contributed by atoms with Crippen LogP contribution >= 0.6 is 11.8 Å². The van der Waals surface area contributed by atoms with Gasteiger partial charge in [-0.25, -0.2) is 0 Å². The first kappa shape index (κ1) is 12.3. The van der Waals surface area contributed by atoms with E-state index >= 15 is 0 Å². The number of amidine groups is 1. The van der Waals surface area contributed by atoms with E-state index in [1.807, 2.05) is 24.3 Å². The van der Waals surface area contributed by atoms with Gasteiger partial charge in [-0.3, -0.25) is 4.99 Å². The maximum atomic E-state index is 5.31. The molecule has 0 amide bonds. The molecule has 0 aromatic heterocycles. The van der Waals surface area contributed by atoms with Crippen LogP contribution in [0.1, 0.15) is 20.8 Å². The molecule has 1 heterocycles. The van der Waals surface area contributed by atoms with Crippen molar-refractivity contribution in [1.29, 1.82) is 0 Å². The molecule has 4 heteroatoms. The van der Waals surface area contributed by atoms with Crippen LogP contribution in [-0.2, 0) is 0 Å². The topological polar surface area (TPSA) is 33.6 Å². The summed E-state index contributed by atoms with van der Waals surface area (Å²) in [6, 6.07) is 8.21. The van der Waals surface area contributed by atoms with Crippen LogP contribution in [-0.4, -0.2) is 23.1 Å². The van der Waals surface area contributed by atoms with Crippen molar-refractivity contribution in [1.82, 2.24) is 0 Å². The van der Waals surface area contributed by atoms with Crippen LogP contribution < -0.4 is 10.1 Å². The zero-order valence-corrected chi connectivity index (χ0v) is 11.5. The normalized spacial score (nSPS) is 22.1. The van der Waals surface area contributed by atoms with Gasteiger partial charge in [0.2, 0.25) is 0 Å². The smallest absolute Gasteiger partial charge is 0.162 e. The summed E-state index contributed by atoms with van der Waals surface area (Å²) in [4.78, 5) is 4.62. The summed E-state index contributed by atoms with van der Waals surface area (Å²) in [7, 11) is 1.68. The molecule has 0 bridgehead atoms. The Balaban J connectivity index is 2.15. The summed E-state index contributed by atoms with van der Waals surface area (Å²) in [5.74, 6) is 0.841. The second-order valence-corrected chi connectivity index (χ2v) is 6.28. The van der Waals surface area contributed by atoms with Crippen LogP contribution in [0.25, 0.3) is 0 Å². The number of nitrogens with one attached hydrogen (secondary N) is 1. The van der Waals surface area contributed by atoms with Crippen molar-refractivity contribution in [3.05, 3.63) is 24.3 Å². The minimum absolute atomic E-state index is 0.157. The quantitative estimate of drug-likeness (QED) is 0.873. The maximum Gasteiger partial charge on any atom is 0.162 e. The summed E-state index contributed by atoms with van der Waals surface area (Å²) < 4.78 is 5.46. The molecule has 1 N–H and O–H groups in total. The van der Waals surface area contributed by atoms with Crippen LogP contribution in [0.15, 0.2) is 29.3 Å². The zero-order valence-electron chi connectivity index (χ0n) is 10.7. The van der Waals surface area contributed by atoms with E-state index in [4.69, 9.17) is 4.74 Å². The van der Waals surface area contributed by atoms with E-state index in [-0.39, 0.29) is 4.75 Å². The van der Waals surface area contributed by atoms with Gasteiger partial charge in [0.25, 0.3) is 0 Å². The highest BCUT2D eigenvalue weighted by molar-refractivity contribution is 8.15. The van der Waals surface area contributed by atoms with E-state index in [2.05, 4.69) is 31.1 Å². The van der Waals surface area contributed by atoms with E-state index in [1.54, 1.807) is 18.9 Å². The number of anilines is 1. The molecule has 1 aromatic rings. The Morgan fingerprint density at radius 1 is 1.35 bits per heavy atom. The number of para-hydroxylation sites is 2. The molecule has 0 radical (unpaired) electrons. The Hall–Kier alpha value is -1.16. The summed E-state index contributed by atoms with van der Waals surface area (Å²) in [5, 5.41) is 4.30. The van der Waals surface area contributed by atoms with Gasteiger partial charge in [0, 0.05) is 4.75 Å². The van der Waals surface area contributed by atoms with Crippen molar-refractivity contribution in [3.63, 3.8) is 0 Å². The third-order valence-electron chi connectivity index (χ3n) is 3.03. The molecule has 0 spiro atoms. The third-order valence-corrected chi connectivity index (χ3v) is 4.29. The monoisotopic (exact) mass is 250 g/mol. The molecule has 1 aliphatic heterocycles. The molecule has 92 valence electrons. The standard InChI is InChI=1S/C13H18N2OS/c1-9-13(2,3)17-12(14-9)15-10-7-5-6-8-11(10)16-4/h5-9H,1-4H3,(H,14,15). The number of hydrogen-bond acceptors (Lipinski definition) is 4. The van der Waals surface area contributed by atoms with Gasteiger partial charge >= 0.3 is 0 Å². The van der Waals surface area contributed by atoms with Crippen LogP contribution in [0.3, 0.4) is 0 Å². The molecule has 0 aliphatic carbocycles. The van der Waals surface area contributed by atoms with Gasteiger partial charge in [0.15, 0.2) is 5.17 Å². The van der Waals surface area contributed by atoms with E-state index in [0.717, 1.165) is 16.6 Å². The molecule has 1 atom stereocenters. The largest absolute Gasteiger partial charge is 0.495 e. The lowest BCUT2D eigenvalue weighted by molar-refractivity contribution is 0.417. The summed E-state index contributed by atoms with van der Waals surface area (Å²) in [5.41, 5.74) is 0.964. The van der Waals surface area contributed by atoms with E-state index in [9.17, 15) is 0 Å². The highest BCUT2D eigenvalue weighted by atomic mass is 32.2. The fraction of sp³-hybridized carbons (Fsp3) is 0.462. The van der Waals surface area contributed by atoms with Crippen molar-refractivity contribution in [2.75, 3.05) is 12.4 Å². The Bertz CT molecular complexity index is 443. The number of rotatable bonds is 2. The first-order valence-electron chi connectivity index (χ1n) is 5.70. The molecule has 0 saturated carbocycles. The van der Waals surface area contributed by atoms with Gasteiger partial charge in [-0.2, -0.15) is 0 Å². The average molecular weight is 250 g/mol.